The van der Waals surface area contributed by atoms with Gasteiger partial charge in [-0.05, 0) is 51.7 Å². The molecule has 108 valence electrons. The number of amides is 1. The van der Waals surface area contributed by atoms with Crippen LogP contribution in [0.5, 0.6) is 0 Å². The number of aryl methyl sites for hydroxylation is 1. The zero-order chi connectivity index (χ0) is 14.3. The molecule has 0 radical (unpaired) electrons. The summed E-state index contributed by atoms with van der Waals surface area (Å²) < 4.78 is 5.44. The lowest BCUT2D eigenvalue weighted by molar-refractivity contribution is 0.143. The van der Waals surface area contributed by atoms with E-state index < -0.39 is 0 Å². The molecule has 20 heavy (non-hydrogen) atoms. The summed E-state index contributed by atoms with van der Waals surface area (Å²) in [7, 11) is 0. The maximum atomic E-state index is 12.3. The molecule has 2 aliphatic rings. The van der Waals surface area contributed by atoms with Crippen LogP contribution in [0.1, 0.15) is 50.5 Å². The van der Waals surface area contributed by atoms with Crippen LogP contribution >= 0.6 is 0 Å². The maximum absolute atomic E-state index is 12.3. The highest BCUT2D eigenvalue weighted by Crippen LogP contribution is 2.33. The zero-order valence-electron chi connectivity index (χ0n) is 12.0. The lowest BCUT2D eigenvalue weighted by Gasteiger charge is -2.34. The van der Waals surface area contributed by atoms with Crippen molar-refractivity contribution in [1.82, 2.24) is 4.98 Å². The van der Waals surface area contributed by atoms with Gasteiger partial charge >= 0.3 is 6.09 Å². The van der Waals surface area contributed by atoms with Crippen molar-refractivity contribution in [3.8, 4) is 0 Å². The van der Waals surface area contributed by atoms with Gasteiger partial charge in [-0.3, -0.25) is 9.88 Å². The lowest BCUT2D eigenvalue weighted by Crippen LogP contribution is -2.43. The van der Waals surface area contributed by atoms with Gasteiger partial charge in [0.15, 0.2) is 0 Å². The first-order valence-corrected chi connectivity index (χ1v) is 7.31. The number of carbonyl (C=O) groups is 1. The molecule has 1 saturated carbocycles. The molecule has 1 aliphatic heterocycles. The van der Waals surface area contributed by atoms with Crippen LogP contribution in [0.25, 0.3) is 0 Å². The Bertz CT molecular complexity index is 526. The minimum Gasteiger partial charge on any atom is -0.446 e. The molecule has 1 aliphatic carbocycles. The van der Waals surface area contributed by atoms with Gasteiger partial charge in [0.1, 0.15) is 6.10 Å². The average Bonchev–Trinajstić information content (AvgIpc) is 3.21. The molecular formula is C15H21N3O2. The van der Waals surface area contributed by atoms with Crippen molar-refractivity contribution in [1.29, 1.82) is 0 Å². The first-order valence-electron chi connectivity index (χ1n) is 7.31. The Morgan fingerprint density at radius 1 is 1.45 bits per heavy atom. The smallest absolute Gasteiger partial charge is 0.414 e. The summed E-state index contributed by atoms with van der Waals surface area (Å²) in [5, 5.41) is 0. The van der Waals surface area contributed by atoms with E-state index in [1.807, 2.05) is 19.1 Å². The standard InChI is InChI=1S/C15H21N3O2/c1-9-3-6-13-14(8-7-12(17-13)10(2)16)18(9)15(19)20-11-4-5-11/h7-11H,3-6,16H2,1-2H3. The SMILES string of the molecule is CC(N)c1ccc2c(n1)CCC(C)N2C(=O)OC1CC1. The van der Waals surface area contributed by atoms with Gasteiger partial charge in [0.25, 0.3) is 0 Å². The van der Waals surface area contributed by atoms with Gasteiger partial charge in [0, 0.05) is 12.1 Å². The molecule has 3 rings (SSSR count). The van der Waals surface area contributed by atoms with E-state index in [1.165, 1.54) is 0 Å². The van der Waals surface area contributed by atoms with Crippen molar-refractivity contribution in [3.63, 3.8) is 0 Å². The van der Waals surface area contributed by atoms with Gasteiger partial charge in [-0.15, -0.1) is 0 Å². The number of hydrogen-bond acceptors (Lipinski definition) is 4. The fourth-order valence-electron chi connectivity index (χ4n) is 2.54. The molecule has 5 nitrogen and oxygen atoms in total. The van der Waals surface area contributed by atoms with Gasteiger partial charge in [-0.1, -0.05) is 0 Å². The number of carbonyl (C=O) groups excluding carboxylic acids is 1. The Hall–Kier alpha value is -1.62. The van der Waals surface area contributed by atoms with Crippen molar-refractivity contribution in [2.75, 3.05) is 4.90 Å². The van der Waals surface area contributed by atoms with Crippen molar-refractivity contribution < 1.29 is 9.53 Å². The van der Waals surface area contributed by atoms with Gasteiger partial charge in [-0.2, -0.15) is 0 Å². The highest BCUT2D eigenvalue weighted by Gasteiger charge is 2.34. The summed E-state index contributed by atoms with van der Waals surface area (Å²) in [5.41, 5.74) is 8.57. The van der Waals surface area contributed by atoms with E-state index in [-0.39, 0.29) is 24.3 Å². The van der Waals surface area contributed by atoms with Gasteiger partial charge < -0.3 is 10.5 Å². The van der Waals surface area contributed by atoms with Gasteiger partial charge in [-0.25, -0.2) is 4.79 Å². The molecule has 0 spiro atoms. The van der Waals surface area contributed by atoms with Crippen molar-refractivity contribution in [2.45, 2.75) is 57.7 Å². The molecule has 2 N–H and O–H groups in total. The average molecular weight is 275 g/mol. The number of pyridine rings is 1. The van der Waals surface area contributed by atoms with Gasteiger partial charge in [0.2, 0.25) is 0 Å². The van der Waals surface area contributed by atoms with E-state index in [4.69, 9.17) is 10.5 Å². The summed E-state index contributed by atoms with van der Waals surface area (Å²) >= 11 is 0. The van der Waals surface area contributed by atoms with E-state index in [0.29, 0.717) is 0 Å². The highest BCUT2D eigenvalue weighted by molar-refractivity contribution is 5.89. The van der Waals surface area contributed by atoms with Crippen molar-refractivity contribution >= 4 is 11.8 Å². The Morgan fingerprint density at radius 2 is 2.20 bits per heavy atom. The maximum Gasteiger partial charge on any atom is 0.414 e. The van der Waals surface area contributed by atoms with Crippen LogP contribution < -0.4 is 10.6 Å². The zero-order valence-corrected chi connectivity index (χ0v) is 12.0. The molecular weight excluding hydrogens is 254 g/mol. The van der Waals surface area contributed by atoms with Crippen molar-refractivity contribution in [3.05, 3.63) is 23.5 Å². The second-order valence-corrected chi connectivity index (χ2v) is 5.83. The molecule has 1 aromatic heterocycles. The Morgan fingerprint density at radius 3 is 2.85 bits per heavy atom. The lowest BCUT2D eigenvalue weighted by atomic mass is 10.0. The largest absolute Gasteiger partial charge is 0.446 e. The molecule has 1 aromatic rings. The van der Waals surface area contributed by atoms with Crippen LogP contribution in [0, 0.1) is 0 Å². The minimum absolute atomic E-state index is 0.0912. The third kappa shape index (κ3) is 2.50. The van der Waals surface area contributed by atoms with Crippen LogP contribution in [0.3, 0.4) is 0 Å². The quantitative estimate of drug-likeness (QED) is 0.900. The fourth-order valence-corrected chi connectivity index (χ4v) is 2.54. The van der Waals surface area contributed by atoms with E-state index in [0.717, 1.165) is 42.8 Å². The first kappa shape index (κ1) is 13.4. The highest BCUT2D eigenvalue weighted by atomic mass is 16.6. The molecule has 1 amide bonds. The number of rotatable bonds is 2. The topological polar surface area (TPSA) is 68.5 Å². The third-order valence-electron chi connectivity index (χ3n) is 3.93. The molecule has 1 fully saturated rings. The van der Waals surface area contributed by atoms with Crippen LogP contribution in [0.2, 0.25) is 0 Å². The molecule has 0 saturated heterocycles. The Balaban J connectivity index is 1.89. The van der Waals surface area contributed by atoms with Crippen molar-refractivity contribution in [2.24, 2.45) is 5.73 Å². The third-order valence-corrected chi connectivity index (χ3v) is 3.93. The van der Waals surface area contributed by atoms with Crippen LogP contribution in [0.4, 0.5) is 10.5 Å². The van der Waals surface area contributed by atoms with Gasteiger partial charge in [0.05, 0.1) is 17.1 Å². The first-order chi connectivity index (χ1) is 9.56. The van der Waals surface area contributed by atoms with E-state index in [2.05, 4.69) is 11.9 Å². The summed E-state index contributed by atoms with van der Waals surface area (Å²) in [6, 6.07) is 3.91. The number of anilines is 1. The molecule has 2 unspecified atom stereocenters. The predicted molar refractivity (Wildman–Crippen MR) is 76.6 cm³/mol. The summed E-state index contributed by atoms with van der Waals surface area (Å²) in [6.07, 6.45) is 3.64. The number of nitrogens with two attached hydrogens (primary N) is 1. The normalized spacial score (nSPS) is 23.1. The number of nitrogens with zero attached hydrogens (tertiary/aromatic N) is 2. The molecule has 0 bridgehead atoms. The predicted octanol–water partition coefficient (Wildman–Crippen LogP) is 2.54. The summed E-state index contributed by atoms with van der Waals surface area (Å²) in [4.78, 5) is 18.6. The van der Waals surface area contributed by atoms with Crippen LogP contribution in [-0.2, 0) is 11.2 Å². The number of aromatic nitrogens is 1. The number of hydrogen-bond donors (Lipinski definition) is 1. The Kier molecular flexibility index (Phi) is 3.38. The fraction of sp³-hybridized carbons (Fsp3) is 0.600. The second-order valence-electron chi connectivity index (χ2n) is 5.83. The van der Waals surface area contributed by atoms with Crippen LogP contribution in [0.15, 0.2) is 12.1 Å². The summed E-state index contributed by atoms with van der Waals surface area (Å²) in [5.74, 6) is 0. The van der Waals surface area contributed by atoms with E-state index in [9.17, 15) is 4.79 Å². The Labute approximate surface area is 119 Å². The second kappa shape index (κ2) is 5.05. The molecule has 5 heteroatoms. The summed E-state index contributed by atoms with van der Waals surface area (Å²) in [6.45, 7) is 3.97. The minimum atomic E-state index is -0.240. The monoisotopic (exact) mass is 275 g/mol. The molecule has 0 aromatic carbocycles. The van der Waals surface area contributed by atoms with E-state index >= 15 is 0 Å². The molecule has 2 heterocycles. The van der Waals surface area contributed by atoms with E-state index in [1.54, 1.807) is 4.90 Å². The molecule has 2 atom stereocenters. The number of fused-ring (bicyclic) bond motifs is 1. The van der Waals surface area contributed by atoms with Crippen LogP contribution in [-0.4, -0.2) is 23.2 Å². The number of ether oxygens (including phenoxy) is 1.